The van der Waals surface area contributed by atoms with Crippen LogP contribution in [0.4, 0.5) is 0 Å². The molecule has 0 radical (unpaired) electrons. The molecule has 94 valence electrons. The normalized spacial score (nSPS) is 10.3. The quantitative estimate of drug-likeness (QED) is 0.923. The van der Waals surface area contributed by atoms with E-state index in [0.29, 0.717) is 12.4 Å². The van der Waals surface area contributed by atoms with Crippen molar-refractivity contribution in [2.24, 2.45) is 7.05 Å². The van der Waals surface area contributed by atoms with Crippen LogP contribution in [0.2, 0.25) is 5.02 Å². The van der Waals surface area contributed by atoms with Crippen LogP contribution in [0.25, 0.3) is 0 Å². The number of aromatic carboxylic acids is 1. The number of carboxylic acids is 1. The molecular formula is C12H11ClN2O3. The van der Waals surface area contributed by atoms with E-state index in [1.807, 2.05) is 13.2 Å². The summed E-state index contributed by atoms with van der Waals surface area (Å²) in [6.07, 6.45) is 3.52. The van der Waals surface area contributed by atoms with Crippen LogP contribution in [0.3, 0.4) is 0 Å². The van der Waals surface area contributed by atoms with Gasteiger partial charge in [0.25, 0.3) is 0 Å². The van der Waals surface area contributed by atoms with E-state index >= 15 is 0 Å². The Labute approximate surface area is 109 Å². The Hall–Kier alpha value is -2.01. The van der Waals surface area contributed by atoms with Crippen LogP contribution in [0.5, 0.6) is 5.75 Å². The van der Waals surface area contributed by atoms with Crippen LogP contribution in [-0.4, -0.2) is 20.9 Å². The first kappa shape index (κ1) is 12.4. The van der Waals surface area contributed by atoms with Gasteiger partial charge < -0.3 is 9.84 Å². The fourth-order valence-electron chi connectivity index (χ4n) is 1.47. The maximum absolute atomic E-state index is 10.9. The average Bonchev–Trinajstić information content (AvgIpc) is 2.74. The van der Waals surface area contributed by atoms with Crippen molar-refractivity contribution in [3.63, 3.8) is 0 Å². The largest absolute Gasteiger partial charge is 0.489 e. The average molecular weight is 267 g/mol. The third-order valence-electron chi connectivity index (χ3n) is 2.33. The van der Waals surface area contributed by atoms with Gasteiger partial charge in [-0.25, -0.2) is 4.79 Å². The van der Waals surface area contributed by atoms with E-state index in [2.05, 4.69) is 5.10 Å². The van der Waals surface area contributed by atoms with Gasteiger partial charge in [-0.2, -0.15) is 5.10 Å². The van der Waals surface area contributed by atoms with Crippen LogP contribution in [0.15, 0.2) is 30.6 Å². The second kappa shape index (κ2) is 5.10. The Bertz CT molecular complexity index is 580. The van der Waals surface area contributed by atoms with Crippen LogP contribution < -0.4 is 4.74 Å². The Morgan fingerprint density at radius 3 is 2.94 bits per heavy atom. The summed E-state index contributed by atoms with van der Waals surface area (Å²) in [6, 6.07) is 4.54. The molecule has 0 saturated heterocycles. The van der Waals surface area contributed by atoms with Gasteiger partial charge in [0.05, 0.1) is 16.8 Å². The fraction of sp³-hybridized carbons (Fsp3) is 0.167. The van der Waals surface area contributed by atoms with Crippen molar-refractivity contribution < 1.29 is 14.6 Å². The van der Waals surface area contributed by atoms with Gasteiger partial charge in [-0.1, -0.05) is 11.6 Å². The third-order valence-corrected chi connectivity index (χ3v) is 2.66. The lowest BCUT2D eigenvalue weighted by molar-refractivity contribution is 0.0696. The van der Waals surface area contributed by atoms with Crippen molar-refractivity contribution in [2.75, 3.05) is 0 Å². The molecule has 1 N–H and O–H groups in total. The molecule has 1 aromatic carbocycles. The van der Waals surface area contributed by atoms with Crippen molar-refractivity contribution in [3.8, 4) is 5.75 Å². The van der Waals surface area contributed by atoms with E-state index in [1.165, 1.54) is 12.1 Å². The minimum Gasteiger partial charge on any atom is -0.489 e. The summed E-state index contributed by atoms with van der Waals surface area (Å²) in [7, 11) is 1.81. The summed E-state index contributed by atoms with van der Waals surface area (Å²) in [5, 5.41) is 13.1. The molecule has 0 atom stereocenters. The van der Waals surface area contributed by atoms with Gasteiger partial charge in [0.15, 0.2) is 0 Å². The molecule has 0 fully saturated rings. The van der Waals surface area contributed by atoms with Gasteiger partial charge in [0, 0.05) is 18.8 Å². The maximum atomic E-state index is 10.9. The first-order valence-electron chi connectivity index (χ1n) is 5.19. The Balaban J connectivity index is 2.10. The molecule has 1 aromatic heterocycles. The zero-order valence-electron chi connectivity index (χ0n) is 9.63. The van der Waals surface area contributed by atoms with Gasteiger partial charge in [-0.15, -0.1) is 0 Å². The fourth-order valence-corrected chi connectivity index (χ4v) is 1.67. The van der Waals surface area contributed by atoms with Crippen LogP contribution in [0, 0.1) is 0 Å². The molecule has 0 aliphatic rings. The smallest absolute Gasteiger partial charge is 0.337 e. The number of hydrogen-bond acceptors (Lipinski definition) is 3. The number of ether oxygens (including phenoxy) is 1. The lowest BCUT2D eigenvalue weighted by Crippen LogP contribution is -2.00. The van der Waals surface area contributed by atoms with E-state index in [-0.39, 0.29) is 10.6 Å². The number of carboxylic acid groups (broad SMARTS) is 1. The van der Waals surface area contributed by atoms with E-state index in [4.69, 9.17) is 21.4 Å². The molecule has 5 nitrogen and oxygen atoms in total. The summed E-state index contributed by atoms with van der Waals surface area (Å²) in [5.74, 6) is -0.618. The lowest BCUT2D eigenvalue weighted by Gasteiger charge is -2.06. The van der Waals surface area contributed by atoms with Crippen molar-refractivity contribution in [3.05, 3.63) is 46.7 Å². The van der Waals surface area contributed by atoms with Crippen LogP contribution >= 0.6 is 11.6 Å². The summed E-state index contributed by atoms with van der Waals surface area (Å²) in [6.45, 7) is 0.328. The number of rotatable bonds is 4. The summed E-state index contributed by atoms with van der Waals surface area (Å²) >= 11 is 5.76. The minimum absolute atomic E-state index is 0.0281. The highest BCUT2D eigenvalue weighted by Gasteiger charge is 2.10. The molecule has 0 unspecified atom stereocenters. The first-order chi connectivity index (χ1) is 8.56. The molecule has 6 heteroatoms. The first-order valence-corrected chi connectivity index (χ1v) is 5.57. The number of nitrogens with zero attached hydrogens (tertiary/aromatic N) is 2. The number of benzene rings is 1. The minimum atomic E-state index is -1.08. The third kappa shape index (κ3) is 2.81. The van der Waals surface area contributed by atoms with Crippen LogP contribution in [0.1, 0.15) is 15.9 Å². The number of hydrogen-bond donors (Lipinski definition) is 1. The highest BCUT2D eigenvalue weighted by molar-refractivity contribution is 6.33. The van der Waals surface area contributed by atoms with Crippen molar-refractivity contribution >= 4 is 17.6 Å². The van der Waals surface area contributed by atoms with Gasteiger partial charge in [-0.3, -0.25) is 4.68 Å². The topological polar surface area (TPSA) is 64.3 Å². The highest BCUT2D eigenvalue weighted by Crippen LogP contribution is 2.22. The molecule has 2 rings (SSSR count). The maximum Gasteiger partial charge on any atom is 0.337 e. The highest BCUT2D eigenvalue weighted by atomic mass is 35.5. The molecular weight excluding hydrogens is 256 g/mol. The zero-order chi connectivity index (χ0) is 13.1. The summed E-state index contributed by atoms with van der Waals surface area (Å²) < 4.78 is 7.15. The molecule has 0 saturated carbocycles. The van der Waals surface area contributed by atoms with Crippen LogP contribution in [-0.2, 0) is 13.7 Å². The molecule has 0 amide bonds. The number of carbonyl (C=O) groups is 1. The van der Waals surface area contributed by atoms with E-state index < -0.39 is 5.97 Å². The number of aromatic nitrogens is 2. The second-order valence-corrected chi connectivity index (χ2v) is 4.16. The molecule has 18 heavy (non-hydrogen) atoms. The van der Waals surface area contributed by atoms with Crippen molar-refractivity contribution in [1.82, 2.24) is 9.78 Å². The number of halogens is 1. The predicted octanol–water partition coefficient (Wildman–Crippen LogP) is 2.35. The molecule has 0 bridgehead atoms. The summed E-state index contributed by atoms with van der Waals surface area (Å²) in [4.78, 5) is 10.9. The zero-order valence-corrected chi connectivity index (χ0v) is 10.4. The van der Waals surface area contributed by atoms with Gasteiger partial charge in [-0.05, 0) is 18.2 Å². The molecule has 2 aromatic rings. The molecule has 0 spiro atoms. The van der Waals surface area contributed by atoms with E-state index in [9.17, 15) is 4.79 Å². The second-order valence-electron chi connectivity index (χ2n) is 3.76. The molecule has 0 aliphatic carbocycles. The van der Waals surface area contributed by atoms with Crippen molar-refractivity contribution in [1.29, 1.82) is 0 Å². The van der Waals surface area contributed by atoms with Gasteiger partial charge in [0.2, 0.25) is 0 Å². The molecule has 0 aliphatic heterocycles. The SMILES string of the molecule is Cn1cc(COc2ccc(Cl)c(C(=O)O)c2)cn1. The monoisotopic (exact) mass is 266 g/mol. The lowest BCUT2D eigenvalue weighted by atomic mass is 10.2. The Kier molecular flexibility index (Phi) is 3.53. The summed E-state index contributed by atoms with van der Waals surface area (Å²) in [5.41, 5.74) is 0.935. The molecule has 1 heterocycles. The van der Waals surface area contributed by atoms with Gasteiger partial charge in [0.1, 0.15) is 12.4 Å². The van der Waals surface area contributed by atoms with Gasteiger partial charge >= 0.3 is 5.97 Å². The number of aryl methyl sites for hydroxylation is 1. The standard InChI is InChI=1S/C12H11ClN2O3/c1-15-6-8(5-14-15)7-18-9-2-3-11(13)10(4-9)12(16)17/h2-6H,7H2,1H3,(H,16,17). The van der Waals surface area contributed by atoms with E-state index in [0.717, 1.165) is 5.56 Å². The Morgan fingerprint density at radius 2 is 2.33 bits per heavy atom. The Morgan fingerprint density at radius 1 is 1.56 bits per heavy atom. The van der Waals surface area contributed by atoms with Crippen molar-refractivity contribution in [2.45, 2.75) is 6.61 Å². The predicted molar refractivity (Wildman–Crippen MR) is 66.0 cm³/mol. The van der Waals surface area contributed by atoms with E-state index in [1.54, 1.807) is 16.9 Å².